The van der Waals surface area contributed by atoms with Crippen LogP contribution in [-0.4, -0.2) is 99.3 Å². The summed E-state index contributed by atoms with van der Waals surface area (Å²) in [6.07, 6.45) is 0.354. The monoisotopic (exact) mass is 689 g/mol. The summed E-state index contributed by atoms with van der Waals surface area (Å²) < 4.78 is 4.84. The molecule has 15 N–H and O–H groups in total. The fraction of sp³-hybridized carbons (Fsp3) is 0.206. The molecule has 6 aromatic rings. The SMILES string of the molecule is NCCc1c(-c2c(O)c(O)cc3[nH]c(-c4c(O)c(O)cc5[nH]c(Cc6ccc(OC=O)[nH]6)cc45)cc23)cc(O)c(O)c1NC(CO)(CO)CO. The van der Waals surface area contributed by atoms with Crippen molar-refractivity contribution < 1.29 is 55.5 Å². The predicted octanol–water partition coefficient (Wildman–Crippen LogP) is 2.30. The minimum atomic E-state index is -1.73. The number of ether oxygens (including phenoxy) is 1. The largest absolute Gasteiger partial charge is 0.504 e. The Hall–Kier alpha value is -6.07. The quantitative estimate of drug-likeness (QED) is 0.0612. The molecule has 16 nitrogen and oxygen atoms in total. The minimum absolute atomic E-state index is 0.00371. The first-order valence-corrected chi connectivity index (χ1v) is 15.3. The Morgan fingerprint density at radius 2 is 1.36 bits per heavy atom. The number of nitrogens with two attached hydrogens (primary N) is 1. The van der Waals surface area contributed by atoms with Gasteiger partial charge >= 0.3 is 0 Å². The van der Waals surface area contributed by atoms with Crippen molar-refractivity contribution >= 4 is 34.0 Å². The fourth-order valence-electron chi connectivity index (χ4n) is 6.18. The van der Waals surface area contributed by atoms with Crippen LogP contribution in [0.1, 0.15) is 17.0 Å². The van der Waals surface area contributed by atoms with Gasteiger partial charge in [0.2, 0.25) is 5.88 Å². The number of aromatic amines is 3. The van der Waals surface area contributed by atoms with Crippen LogP contribution in [0.25, 0.3) is 44.2 Å². The van der Waals surface area contributed by atoms with Gasteiger partial charge in [0.1, 0.15) is 5.54 Å². The summed E-state index contributed by atoms with van der Waals surface area (Å²) in [7, 11) is 0. The molecule has 0 aliphatic rings. The van der Waals surface area contributed by atoms with Crippen LogP contribution in [0.3, 0.4) is 0 Å². The number of H-pyrrole nitrogens is 3. The second-order valence-electron chi connectivity index (χ2n) is 11.9. The molecule has 0 bridgehead atoms. The molecule has 3 heterocycles. The highest BCUT2D eigenvalue weighted by molar-refractivity contribution is 6.07. The Bertz CT molecular complexity index is 2220. The van der Waals surface area contributed by atoms with Gasteiger partial charge in [-0.05, 0) is 48.4 Å². The minimum Gasteiger partial charge on any atom is -0.504 e. The lowest BCUT2D eigenvalue weighted by Crippen LogP contribution is -2.49. The van der Waals surface area contributed by atoms with E-state index in [0.29, 0.717) is 35.2 Å². The van der Waals surface area contributed by atoms with Gasteiger partial charge in [-0.25, -0.2) is 0 Å². The van der Waals surface area contributed by atoms with E-state index < -0.39 is 59.9 Å². The Morgan fingerprint density at radius 3 is 2.00 bits per heavy atom. The van der Waals surface area contributed by atoms with E-state index in [4.69, 9.17) is 10.5 Å². The number of aliphatic hydroxyl groups is 3. The van der Waals surface area contributed by atoms with Gasteiger partial charge < -0.3 is 76.7 Å². The highest BCUT2D eigenvalue weighted by atomic mass is 16.5. The number of aromatic nitrogens is 3. The fourth-order valence-corrected chi connectivity index (χ4v) is 6.18. The number of fused-ring (bicyclic) bond motifs is 2. The van der Waals surface area contributed by atoms with Crippen molar-refractivity contribution in [3.63, 3.8) is 0 Å². The first-order chi connectivity index (χ1) is 24.0. The van der Waals surface area contributed by atoms with E-state index in [1.54, 1.807) is 24.3 Å². The number of phenols is 6. The first kappa shape index (κ1) is 33.8. The van der Waals surface area contributed by atoms with Crippen molar-refractivity contribution in [3.05, 3.63) is 59.4 Å². The zero-order chi connectivity index (χ0) is 35.9. The Balaban J connectivity index is 1.55. The first-order valence-electron chi connectivity index (χ1n) is 15.3. The summed E-state index contributed by atoms with van der Waals surface area (Å²) in [5, 5.41) is 99.1. The van der Waals surface area contributed by atoms with Crippen molar-refractivity contribution in [1.82, 2.24) is 15.0 Å². The molecule has 6 rings (SSSR count). The standard InChI is InChI=1S/C34H35N5O11/c35-4-3-17-18(8-24(44)33(49)30(17)39-34(11-40,12-41)13-42)28-20-7-23(38-22(20)10-25(45)31(28)47)29-19-6-16(36-21(19)9-26(46)32(29)48)5-15-1-2-27(37-15)50-14-43/h1-2,6-10,14,36-42,44-49H,3-5,11-13,35H2. The maximum absolute atomic E-state index is 11.3. The van der Waals surface area contributed by atoms with Crippen molar-refractivity contribution in [2.75, 3.05) is 31.7 Å². The van der Waals surface area contributed by atoms with Gasteiger partial charge in [0.15, 0.2) is 34.5 Å². The van der Waals surface area contributed by atoms with Gasteiger partial charge in [0.05, 0.1) is 47.8 Å². The number of anilines is 1. The number of carbonyl (C=O) groups is 1. The molecule has 0 aliphatic heterocycles. The number of hydrogen-bond acceptors (Lipinski definition) is 13. The summed E-state index contributed by atoms with van der Waals surface area (Å²) in [5.41, 5.74) is 6.84. The smallest absolute Gasteiger partial charge is 0.299 e. The molecule has 3 aromatic carbocycles. The summed E-state index contributed by atoms with van der Waals surface area (Å²) in [6.45, 7) is -2.00. The molecule has 0 radical (unpaired) electrons. The van der Waals surface area contributed by atoms with Crippen molar-refractivity contribution in [1.29, 1.82) is 0 Å². The van der Waals surface area contributed by atoms with Gasteiger partial charge in [-0.2, -0.15) is 0 Å². The van der Waals surface area contributed by atoms with Crippen LogP contribution in [0.4, 0.5) is 5.69 Å². The maximum Gasteiger partial charge on any atom is 0.299 e. The average molecular weight is 690 g/mol. The Kier molecular flexibility index (Phi) is 8.85. The summed E-state index contributed by atoms with van der Waals surface area (Å²) >= 11 is 0. The van der Waals surface area contributed by atoms with E-state index in [1.807, 2.05) is 0 Å². The summed E-state index contributed by atoms with van der Waals surface area (Å²) in [5.74, 6) is -3.14. The van der Waals surface area contributed by atoms with Crippen LogP contribution in [0.5, 0.6) is 40.4 Å². The summed E-state index contributed by atoms with van der Waals surface area (Å²) in [4.78, 5) is 20.0. The van der Waals surface area contributed by atoms with E-state index in [-0.39, 0.29) is 63.4 Å². The van der Waals surface area contributed by atoms with Gasteiger partial charge in [-0.3, -0.25) is 4.79 Å². The van der Waals surface area contributed by atoms with Crippen LogP contribution >= 0.6 is 0 Å². The molecular weight excluding hydrogens is 654 g/mol. The average Bonchev–Trinajstić information content (AvgIpc) is 3.83. The third-order valence-electron chi connectivity index (χ3n) is 8.71. The number of benzene rings is 3. The lowest BCUT2D eigenvalue weighted by Gasteiger charge is -2.32. The molecule has 0 saturated heterocycles. The number of aliphatic hydroxyl groups excluding tert-OH is 3. The van der Waals surface area contributed by atoms with Gasteiger partial charge in [-0.15, -0.1) is 0 Å². The number of hydrogen-bond donors (Lipinski definition) is 14. The van der Waals surface area contributed by atoms with Crippen LogP contribution in [-0.2, 0) is 17.6 Å². The van der Waals surface area contributed by atoms with Gasteiger partial charge in [-0.1, -0.05) is 0 Å². The van der Waals surface area contributed by atoms with Gasteiger partial charge in [0, 0.05) is 52.3 Å². The Morgan fingerprint density at radius 1 is 0.740 bits per heavy atom. The molecule has 50 heavy (non-hydrogen) atoms. The van der Waals surface area contributed by atoms with Crippen LogP contribution in [0.15, 0.2) is 42.5 Å². The number of rotatable bonds is 13. The molecule has 0 atom stereocenters. The molecule has 3 aromatic heterocycles. The molecule has 0 amide bonds. The van der Waals surface area contributed by atoms with Crippen LogP contribution in [0.2, 0.25) is 0 Å². The third kappa shape index (κ3) is 5.71. The lowest BCUT2D eigenvalue weighted by molar-refractivity contribution is -0.120. The van der Waals surface area contributed by atoms with Crippen molar-refractivity contribution in [3.8, 4) is 62.8 Å². The number of carbonyl (C=O) groups excluding carboxylic acids is 1. The highest BCUT2D eigenvalue weighted by Gasteiger charge is 2.32. The molecule has 16 heteroatoms. The lowest BCUT2D eigenvalue weighted by atomic mass is 9.90. The topological polar surface area (TPSA) is 294 Å². The molecule has 0 aliphatic carbocycles. The third-order valence-corrected chi connectivity index (χ3v) is 8.71. The van der Waals surface area contributed by atoms with E-state index in [2.05, 4.69) is 20.3 Å². The molecule has 0 saturated carbocycles. The van der Waals surface area contributed by atoms with E-state index >= 15 is 0 Å². The zero-order valence-electron chi connectivity index (χ0n) is 26.3. The number of aromatic hydroxyl groups is 6. The van der Waals surface area contributed by atoms with E-state index in [9.17, 15) is 50.8 Å². The van der Waals surface area contributed by atoms with E-state index in [0.717, 1.165) is 6.07 Å². The molecular formula is C34H35N5O11. The van der Waals surface area contributed by atoms with Crippen LogP contribution < -0.4 is 15.8 Å². The number of nitrogens with one attached hydrogen (secondary N) is 4. The van der Waals surface area contributed by atoms with Crippen LogP contribution in [0, 0.1) is 0 Å². The Labute approximate surface area is 282 Å². The zero-order valence-corrected chi connectivity index (χ0v) is 26.3. The normalized spacial score (nSPS) is 11.8. The molecule has 0 unspecified atom stereocenters. The predicted molar refractivity (Wildman–Crippen MR) is 182 cm³/mol. The van der Waals surface area contributed by atoms with E-state index in [1.165, 1.54) is 12.1 Å². The highest BCUT2D eigenvalue weighted by Crippen LogP contribution is 2.51. The number of phenolic OH excluding ortho intramolecular Hbond substituents is 6. The molecule has 0 fully saturated rings. The molecule has 262 valence electrons. The second kappa shape index (κ2) is 13.1. The molecule has 0 spiro atoms. The van der Waals surface area contributed by atoms with Gasteiger partial charge in [0.25, 0.3) is 6.47 Å². The maximum atomic E-state index is 11.3. The summed E-state index contributed by atoms with van der Waals surface area (Å²) in [6, 6.07) is 10.4. The second-order valence-corrected chi connectivity index (χ2v) is 11.9. The van der Waals surface area contributed by atoms with Crippen molar-refractivity contribution in [2.45, 2.75) is 18.4 Å². The van der Waals surface area contributed by atoms with Crippen molar-refractivity contribution in [2.24, 2.45) is 5.73 Å².